The van der Waals surface area contributed by atoms with Crippen molar-refractivity contribution in [1.29, 1.82) is 0 Å². The first-order valence-electron chi connectivity index (χ1n) is 4.60. The molecule has 80 valence electrons. The van der Waals surface area contributed by atoms with Crippen LogP contribution in [0.3, 0.4) is 0 Å². The molecule has 0 rings (SSSR count). The zero-order chi connectivity index (χ0) is 11.4. The van der Waals surface area contributed by atoms with E-state index in [0.717, 1.165) is 0 Å². The number of carboxylic acid groups (broad SMARTS) is 1. The van der Waals surface area contributed by atoms with E-state index in [1.165, 1.54) is 13.0 Å². The summed E-state index contributed by atoms with van der Waals surface area (Å²) in [4.78, 5) is 24.1. The number of ketones is 1. The minimum atomic E-state index is -1.57. The van der Waals surface area contributed by atoms with Crippen LogP contribution in [0.4, 0.5) is 0 Å². The Balaban J connectivity index is 5.33. The van der Waals surface area contributed by atoms with Crippen LogP contribution < -0.4 is 0 Å². The Labute approximate surface area is 84.2 Å². The highest BCUT2D eigenvalue weighted by Gasteiger charge is 2.44. The first-order valence-corrected chi connectivity index (χ1v) is 4.60. The molecular formula is C10H17NO3. The summed E-state index contributed by atoms with van der Waals surface area (Å²) in [7, 11) is 0. The largest absolute Gasteiger partial charge is 0.479 e. The fourth-order valence-corrected chi connectivity index (χ4v) is 1.59. The molecule has 1 unspecified atom stereocenters. The van der Waals surface area contributed by atoms with Crippen molar-refractivity contribution in [3.63, 3.8) is 0 Å². The van der Waals surface area contributed by atoms with Gasteiger partial charge in [0.15, 0.2) is 11.3 Å². The molecule has 0 bridgehead atoms. The lowest BCUT2D eigenvalue weighted by Crippen LogP contribution is -2.57. The smallest absolute Gasteiger partial charge is 0.335 e. The van der Waals surface area contributed by atoms with Gasteiger partial charge in [-0.1, -0.05) is 19.9 Å². The first kappa shape index (κ1) is 12.8. The Morgan fingerprint density at radius 1 is 1.43 bits per heavy atom. The fraction of sp³-hybridized carbons (Fsp3) is 0.600. The molecule has 0 aromatic carbocycles. The summed E-state index contributed by atoms with van der Waals surface area (Å²) in [5, 5.41) is 9.09. The van der Waals surface area contributed by atoms with Gasteiger partial charge in [0.05, 0.1) is 0 Å². The van der Waals surface area contributed by atoms with Gasteiger partial charge in [0.1, 0.15) is 0 Å². The number of likely N-dealkylation sites (N-methyl/N-ethyl adjacent to an activating group) is 1. The Hall–Kier alpha value is -1.16. The molecule has 0 amide bonds. The van der Waals surface area contributed by atoms with Crippen molar-refractivity contribution in [3.05, 3.63) is 12.7 Å². The zero-order valence-corrected chi connectivity index (χ0v) is 8.91. The zero-order valence-electron chi connectivity index (χ0n) is 8.91. The Kier molecular flexibility index (Phi) is 4.50. The van der Waals surface area contributed by atoms with E-state index in [0.29, 0.717) is 13.1 Å². The molecule has 0 fully saturated rings. The van der Waals surface area contributed by atoms with Gasteiger partial charge in [-0.15, -0.1) is 6.58 Å². The highest BCUT2D eigenvalue weighted by atomic mass is 16.4. The lowest BCUT2D eigenvalue weighted by atomic mass is 9.92. The number of rotatable bonds is 6. The summed E-state index contributed by atoms with van der Waals surface area (Å²) in [5.41, 5.74) is -1.57. The normalized spacial score (nSPS) is 14.9. The molecule has 0 aliphatic carbocycles. The molecule has 1 atom stereocenters. The van der Waals surface area contributed by atoms with Gasteiger partial charge < -0.3 is 5.11 Å². The third-order valence-corrected chi connectivity index (χ3v) is 2.42. The SMILES string of the molecule is C=CC(C(C)=O)(C(=O)O)N(CC)CC. The Bertz CT molecular complexity index is 230. The van der Waals surface area contributed by atoms with Crippen molar-refractivity contribution in [2.75, 3.05) is 13.1 Å². The molecular weight excluding hydrogens is 182 g/mol. The summed E-state index contributed by atoms with van der Waals surface area (Å²) in [6.45, 7) is 9.34. The fourth-order valence-electron chi connectivity index (χ4n) is 1.59. The number of carbonyl (C=O) groups is 2. The summed E-state index contributed by atoms with van der Waals surface area (Å²) in [5.74, 6) is -1.58. The number of nitrogens with zero attached hydrogens (tertiary/aromatic N) is 1. The second kappa shape index (κ2) is 4.91. The van der Waals surface area contributed by atoms with Crippen molar-refractivity contribution < 1.29 is 14.7 Å². The van der Waals surface area contributed by atoms with Crippen LogP contribution in [0.1, 0.15) is 20.8 Å². The van der Waals surface area contributed by atoms with E-state index in [1.807, 2.05) is 13.8 Å². The lowest BCUT2D eigenvalue weighted by Gasteiger charge is -2.34. The maximum absolute atomic E-state index is 11.4. The molecule has 0 saturated carbocycles. The quantitative estimate of drug-likeness (QED) is 0.510. The standard InChI is InChI=1S/C10H17NO3/c1-5-10(8(4)12,9(13)14)11(6-2)7-3/h5H,1,6-7H2,2-4H3,(H,13,14). The second-order valence-electron chi connectivity index (χ2n) is 3.00. The Morgan fingerprint density at radius 3 is 1.93 bits per heavy atom. The molecule has 0 radical (unpaired) electrons. The van der Waals surface area contributed by atoms with E-state index >= 15 is 0 Å². The van der Waals surface area contributed by atoms with Crippen LogP contribution in [0, 0.1) is 0 Å². The molecule has 1 N–H and O–H groups in total. The van der Waals surface area contributed by atoms with Gasteiger partial charge in [0.2, 0.25) is 0 Å². The van der Waals surface area contributed by atoms with Crippen LogP contribution in [-0.4, -0.2) is 40.4 Å². The van der Waals surface area contributed by atoms with Crippen molar-refractivity contribution >= 4 is 11.8 Å². The number of carboxylic acids is 1. The van der Waals surface area contributed by atoms with Crippen molar-refractivity contribution in [2.24, 2.45) is 0 Å². The van der Waals surface area contributed by atoms with Gasteiger partial charge in [-0.2, -0.15) is 0 Å². The van der Waals surface area contributed by atoms with Crippen LogP contribution >= 0.6 is 0 Å². The summed E-state index contributed by atoms with van der Waals surface area (Å²) >= 11 is 0. The number of hydrogen-bond donors (Lipinski definition) is 1. The van der Waals surface area contributed by atoms with Crippen molar-refractivity contribution in [2.45, 2.75) is 26.3 Å². The molecule has 4 heteroatoms. The van der Waals surface area contributed by atoms with Gasteiger partial charge in [0.25, 0.3) is 0 Å². The maximum Gasteiger partial charge on any atom is 0.335 e. The average molecular weight is 199 g/mol. The van der Waals surface area contributed by atoms with E-state index < -0.39 is 17.3 Å². The topological polar surface area (TPSA) is 57.6 Å². The third kappa shape index (κ3) is 1.85. The number of hydrogen-bond acceptors (Lipinski definition) is 3. The third-order valence-electron chi connectivity index (χ3n) is 2.42. The molecule has 0 heterocycles. The van der Waals surface area contributed by atoms with Crippen LogP contribution in [0.25, 0.3) is 0 Å². The molecule has 4 nitrogen and oxygen atoms in total. The van der Waals surface area contributed by atoms with E-state index in [9.17, 15) is 9.59 Å². The number of carbonyl (C=O) groups excluding carboxylic acids is 1. The lowest BCUT2D eigenvalue weighted by molar-refractivity contribution is -0.153. The van der Waals surface area contributed by atoms with Gasteiger partial charge in [-0.3, -0.25) is 9.69 Å². The molecule has 0 aromatic rings. The van der Waals surface area contributed by atoms with Gasteiger partial charge in [0, 0.05) is 0 Å². The summed E-state index contributed by atoms with van der Waals surface area (Å²) < 4.78 is 0. The highest BCUT2D eigenvalue weighted by Crippen LogP contribution is 2.18. The molecule has 0 saturated heterocycles. The van der Waals surface area contributed by atoms with Crippen molar-refractivity contribution in [1.82, 2.24) is 4.90 Å². The minimum absolute atomic E-state index is 0.413. The molecule has 14 heavy (non-hydrogen) atoms. The average Bonchev–Trinajstić information content (AvgIpc) is 2.12. The van der Waals surface area contributed by atoms with Crippen LogP contribution in [0.5, 0.6) is 0 Å². The molecule has 0 aliphatic rings. The second-order valence-corrected chi connectivity index (χ2v) is 3.00. The number of aliphatic carboxylic acids is 1. The number of Topliss-reactive ketones (excluding diaryl/α,β-unsaturated/α-hetero) is 1. The van der Waals surface area contributed by atoms with Gasteiger partial charge in [-0.05, 0) is 20.0 Å². The molecule has 0 aliphatic heterocycles. The van der Waals surface area contributed by atoms with E-state index in [2.05, 4.69) is 6.58 Å². The van der Waals surface area contributed by atoms with E-state index in [4.69, 9.17) is 5.11 Å². The van der Waals surface area contributed by atoms with E-state index in [1.54, 1.807) is 4.90 Å². The molecule has 0 spiro atoms. The Morgan fingerprint density at radius 2 is 1.86 bits per heavy atom. The first-order chi connectivity index (χ1) is 6.47. The van der Waals surface area contributed by atoms with E-state index in [-0.39, 0.29) is 0 Å². The maximum atomic E-state index is 11.4. The van der Waals surface area contributed by atoms with Gasteiger partial charge >= 0.3 is 5.97 Å². The predicted octanol–water partition coefficient (Wildman–Crippen LogP) is 0.927. The predicted molar refractivity (Wildman–Crippen MR) is 54.2 cm³/mol. The van der Waals surface area contributed by atoms with Crippen LogP contribution in [0.2, 0.25) is 0 Å². The van der Waals surface area contributed by atoms with Gasteiger partial charge in [-0.25, -0.2) is 4.79 Å². The summed E-state index contributed by atoms with van der Waals surface area (Å²) in [6.07, 6.45) is 1.20. The van der Waals surface area contributed by atoms with Crippen LogP contribution in [0.15, 0.2) is 12.7 Å². The molecule has 0 aromatic heterocycles. The monoisotopic (exact) mass is 199 g/mol. The summed E-state index contributed by atoms with van der Waals surface area (Å²) in [6, 6.07) is 0. The highest BCUT2D eigenvalue weighted by molar-refractivity contribution is 6.08. The minimum Gasteiger partial charge on any atom is -0.479 e. The van der Waals surface area contributed by atoms with Crippen molar-refractivity contribution in [3.8, 4) is 0 Å². The van der Waals surface area contributed by atoms with Crippen LogP contribution in [-0.2, 0) is 9.59 Å².